The van der Waals surface area contributed by atoms with E-state index in [-0.39, 0.29) is 17.4 Å². The third kappa shape index (κ3) is 6.55. The number of nitro benzene ring substituents is 1. The van der Waals surface area contributed by atoms with Crippen LogP contribution in [0.3, 0.4) is 0 Å². The summed E-state index contributed by atoms with van der Waals surface area (Å²) in [7, 11) is 0. The number of hydrogen-bond donors (Lipinski definition) is 1. The van der Waals surface area contributed by atoms with Gasteiger partial charge in [-0.3, -0.25) is 19.7 Å². The van der Waals surface area contributed by atoms with E-state index in [1.165, 1.54) is 18.2 Å². The van der Waals surface area contributed by atoms with Gasteiger partial charge in [0.1, 0.15) is 6.54 Å². The predicted molar refractivity (Wildman–Crippen MR) is 77.6 cm³/mol. The normalized spacial score (nSPS) is 10.0. The zero-order valence-corrected chi connectivity index (χ0v) is 12.6. The Morgan fingerprint density at radius 2 is 1.96 bits per heavy atom. The van der Waals surface area contributed by atoms with E-state index in [1.54, 1.807) is 13.8 Å². The summed E-state index contributed by atoms with van der Waals surface area (Å²) in [4.78, 5) is 44.3. The van der Waals surface area contributed by atoms with Gasteiger partial charge in [-0.2, -0.15) is 0 Å². The maximum atomic E-state index is 11.8. The van der Waals surface area contributed by atoms with Gasteiger partial charge in [0.2, 0.25) is 0 Å². The molecule has 0 fully saturated rings. The van der Waals surface area contributed by atoms with E-state index in [1.807, 2.05) is 0 Å². The highest BCUT2D eigenvalue weighted by atomic mass is 16.6. The van der Waals surface area contributed by atoms with E-state index >= 15 is 0 Å². The summed E-state index contributed by atoms with van der Waals surface area (Å²) in [5.74, 6) is -2.20. The molecule has 1 N–H and O–H groups in total. The Morgan fingerprint density at radius 3 is 2.57 bits per heavy atom. The molecule has 0 aromatic heterocycles. The highest BCUT2D eigenvalue weighted by Crippen LogP contribution is 2.12. The van der Waals surface area contributed by atoms with Crippen LogP contribution in [0.1, 0.15) is 24.2 Å². The van der Waals surface area contributed by atoms with Gasteiger partial charge in [-0.25, -0.2) is 4.79 Å². The van der Waals surface area contributed by atoms with Crippen LogP contribution in [-0.4, -0.2) is 42.0 Å². The molecule has 0 radical (unpaired) electrons. The van der Waals surface area contributed by atoms with Crippen molar-refractivity contribution in [3.8, 4) is 0 Å². The molecular weight excluding hydrogens is 308 g/mol. The number of hydrogen-bond acceptors (Lipinski definition) is 7. The summed E-state index contributed by atoms with van der Waals surface area (Å²) in [6.45, 7) is 2.28. The molecule has 1 rings (SSSR count). The fourth-order valence-electron chi connectivity index (χ4n) is 1.50. The fraction of sp³-hybridized carbons (Fsp3) is 0.357. The number of rotatable bonds is 7. The average molecular weight is 324 g/mol. The minimum atomic E-state index is -0.829. The van der Waals surface area contributed by atoms with Crippen molar-refractivity contribution in [3.63, 3.8) is 0 Å². The van der Waals surface area contributed by atoms with Gasteiger partial charge < -0.3 is 14.8 Å². The van der Waals surface area contributed by atoms with Crippen LogP contribution in [0.4, 0.5) is 5.69 Å². The molecule has 0 aliphatic heterocycles. The maximum absolute atomic E-state index is 11.8. The lowest BCUT2D eigenvalue weighted by molar-refractivity contribution is -0.384. The van der Waals surface area contributed by atoms with E-state index in [2.05, 4.69) is 10.1 Å². The number of benzene rings is 1. The third-order valence-corrected chi connectivity index (χ3v) is 2.43. The van der Waals surface area contributed by atoms with Crippen LogP contribution in [0.2, 0.25) is 0 Å². The molecule has 23 heavy (non-hydrogen) atoms. The Balaban J connectivity index is 2.44. The summed E-state index contributed by atoms with van der Waals surface area (Å²) in [6.07, 6.45) is -0.324. The van der Waals surface area contributed by atoms with E-state index in [0.29, 0.717) is 0 Å². The summed E-state index contributed by atoms with van der Waals surface area (Å²) < 4.78 is 9.38. The van der Waals surface area contributed by atoms with Crippen molar-refractivity contribution in [2.24, 2.45) is 0 Å². The number of nitrogens with zero attached hydrogens (tertiary/aromatic N) is 1. The fourth-order valence-corrected chi connectivity index (χ4v) is 1.50. The van der Waals surface area contributed by atoms with Crippen molar-refractivity contribution in [2.45, 2.75) is 20.0 Å². The standard InChI is InChI=1S/C14H16N2O7/c1-9(2)23-13(18)8-22-12(17)7-15-14(19)10-4-3-5-11(6-10)16(20)21/h3-6,9H,7-8H2,1-2H3,(H,15,19). The molecule has 0 aliphatic rings. The van der Waals surface area contributed by atoms with Crippen molar-refractivity contribution in [3.05, 3.63) is 39.9 Å². The number of amides is 1. The van der Waals surface area contributed by atoms with Crippen molar-refractivity contribution in [2.75, 3.05) is 13.2 Å². The third-order valence-electron chi connectivity index (χ3n) is 2.43. The molecule has 124 valence electrons. The van der Waals surface area contributed by atoms with Crippen LogP contribution in [0.15, 0.2) is 24.3 Å². The van der Waals surface area contributed by atoms with Crippen LogP contribution >= 0.6 is 0 Å². The molecule has 9 heteroatoms. The van der Waals surface area contributed by atoms with Gasteiger partial charge >= 0.3 is 11.9 Å². The zero-order valence-electron chi connectivity index (χ0n) is 12.6. The van der Waals surface area contributed by atoms with Gasteiger partial charge in [0, 0.05) is 17.7 Å². The molecule has 0 spiro atoms. The van der Waals surface area contributed by atoms with Crippen LogP contribution in [-0.2, 0) is 19.1 Å². The second-order valence-electron chi connectivity index (χ2n) is 4.69. The monoisotopic (exact) mass is 324 g/mol. The molecule has 1 amide bonds. The minimum absolute atomic E-state index is 0.0335. The van der Waals surface area contributed by atoms with Crippen LogP contribution in [0.5, 0.6) is 0 Å². The average Bonchev–Trinajstić information content (AvgIpc) is 2.50. The highest BCUT2D eigenvalue weighted by molar-refractivity contribution is 5.96. The van der Waals surface area contributed by atoms with Crippen molar-refractivity contribution in [1.82, 2.24) is 5.32 Å². The molecule has 9 nitrogen and oxygen atoms in total. The first kappa shape index (κ1) is 18.1. The van der Waals surface area contributed by atoms with Crippen LogP contribution in [0, 0.1) is 10.1 Å². The van der Waals surface area contributed by atoms with Gasteiger partial charge in [-0.1, -0.05) is 6.07 Å². The Hall–Kier alpha value is -2.97. The van der Waals surface area contributed by atoms with Gasteiger partial charge in [-0.15, -0.1) is 0 Å². The Bertz CT molecular complexity index is 613. The Labute approximate surface area is 131 Å². The van der Waals surface area contributed by atoms with Gasteiger partial charge in [0.15, 0.2) is 6.61 Å². The summed E-state index contributed by atoms with van der Waals surface area (Å²) >= 11 is 0. The van der Waals surface area contributed by atoms with E-state index in [4.69, 9.17) is 4.74 Å². The van der Waals surface area contributed by atoms with Crippen LogP contribution in [0.25, 0.3) is 0 Å². The second-order valence-corrected chi connectivity index (χ2v) is 4.69. The SMILES string of the molecule is CC(C)OC(=O)COC(=O)CNC(=O)c1cccc([N+](=O)[O-])c1. The molecule has 1 aromatic carbocycles. The number of carbonyl (C=O) groups is 3. The van der Waals surface area contributed by atoms with E-state index < -0.39 is 35.9 Å². The maximum Gasteiger partial charge on any atom is 0.344 e. The zero-order chi connectivity index (χ0) is 17.4. The summed E-state index contributed by atoms with van der Waals surface area (Å²) in [6, 6.07) is 5.05. The lowest BCUT2D eigenvalue weighted by Crippen LogP contribution is -2.32. The summed E-state index contributed by atoms with van der Waals surface area (Å²) in [5.41, 5.74) is -0.206. The number of carbonyl (C=O) groups excluding carboxylic acids is 3. The first-order valence-corrected chi connectivity index (χ1v) is 6.67. The van der Waals surface area contributed by atoms with Gasteiger partial charge in [0.05, 0.1) is 11.0 Å². The first-order valence-electron chi connectivity index (χ1n) is 6.67. The number of non-ortho nitro benzene ring substituents is 1. The molecule has 0 aliphatic carbocycles. The van der Waals surface area contributed by atoms with Crippen molar-refractivity contribution in [1.29, 1.82) is 0 Å². The lowest BCUT2D eigenvalue weighted by atomic mass is 10.2. The lowest BCUT2D eigenvalue weighted by Gasteiger charge is -2.09. The molecule has 0 atom stereocenters. The molecule has 0 bridgehead atoms. The number of nitro groups is 1. The van der Waals surface area contributed by atoms with Crippen molar-refractivity contribution < 1.29 is 28.8 Å². The van der Waals surface area contributed by atoms with Crippen LogP contribution < -0.4 is 5.32 Å². The number of esters is 2. The Morgan fingerprint density at radius 1 is 1.26 bits per heavy atom. The number of nitrogens with one attached hydrogen (secondary N) is 1. The van der Waals surface area contributed by atoms with E-state index in [0.717, 1.165) is 6.07 Å². The second kappa shape index (κ2) is 8.47. The van der Waals surface area contributed by atoms with Gasteiger partial charge in [0.25, 0.3) is 11.6 Å². The first-order chi connectivity index (χ1) is 10.8. The minimum Gasteiger partial charge on any atom is -0.460 e. The topological polar surface area (TPSA) is 125 Å². The quantitative estimate of drug-likeness (QED) is 0.447. The number of ether oxygens (including phenoxy) is 2. The predicted octanol–water partition coefficient (Wildman–Crippen LogP) is 0.819. The molecule has 0 heterocycles. The summed E-state index contributed by atoms with van der Waals surface area (Å²) in [5, 5.41) is 12.9. The molecule has 0 saturated heterocycles. The molecule has 0 saturated carbocycles. The highest BCUT2D eigenvalue weighted by Gasteiger charge is 2.14. The van der Waals surface area contributed by atoms with Gasteiger partial charge in [-0.05, 0) is 19.9 Å². The van der Waals surface area contributed by atoms with Crippen molar-refractivity contribution >= 4 is 23.5 Å². The Kier molecular flexibility index (Phi) is 6.66. The molecule has 1 aromatic rings. The van der Waals surface area contributed by atoms with E-state index in [9.17, 15) is 24.5 Å². The molecular formula is C14H16N2O7. The molecule has 0 unspecified atom stereocenters. The largest absolute Gasteiger partial charge is 0.460 e. The smallest absolute Gasteiger partial charge is 0.344 e.